The predicted molar refractivity (Wildman–Crippen MR) is 74.7 cm³/mol. The highest BCUT2D eigenvalue weighted by Crippen LogP contribution is 2.36. The molecule has 1 aromatic carbocycles. The van der Waals surface area contributed by atoms with E-state index in [2.05, 4.69) is 5.43 Å². The third-order valence-corrected chi connectivity index (χ3v) is 4.55. The molecule has 3 N–H and O–H groups in total. The molecule has 0 saturated heterocycles. The minimum atomic E-state index is -0.171. The van der Waals surface area contributed by atoms with Crippen molar-refractivity contribution in [3.8, 4) is 0 Å². The molecule has 17 heavy (non-hydrogen) atoms. The van der Waals surface area contributed by atoms with E-state index in [1.165, 1.54) is 0 Å². The van der Waals surface area contributed by atoms with Crippen molar-refractivity contribution in [2.45, 2.75) is 13.0 Å². The molecule has 1 unspecified atom stereocenters. The van der Waals surface area contributed by atoms with Crippen LogP contribution >= 0.6 is 34.5 Å². The largest absolute Gasteiger partial charge is 0.271 e. The van der Waals surface area contributed by atoms with Crippen molar-refractivity contribution in [1.82, 2.24) is 5.43 Å². The molecular weight excluding hydrogens is 275 g/mol. The Morgan fingerprint density at radius 1 is 1.29 bits per heavy atom. The van der Waals surface area contributed by atoms with Gasteiger partial charge in [-0.05, 0) is 29.5 Å². The standard InChI is InChI=1S/C12H12Cl2N2S/c1-7-3-2-4-8(10(7)14)11(16-15)12-9(13)5-6-17-12/h2-6,11,16H,15H2,1H3. The van der Waals surface area contributed by atoms with Crippen LogP contribution in [-0.4, -0.2) is 0 Å². The van der Waals surface area contributed by atoms with Crippen molar-refractivity contribution < 1.29 is 0 Å². The molecule has 2 aromatic rings. The SMILES string of the molecule is Cc1cccc(C(NN)c2sccc2Cl)c1Cl. The van der Waals surface area contributed by atoms with Gasteiger partial charge in [0.15, 0.2) is 0 Å². The summed E-state index contributed by atoms with van der Waals surface area (Å²) in [6.07, 6.45) is 0. The summed E-state index contributed by atoms with van der Waals surface area (Å²) in [6.45, 7) is 1.97. The maximum absolute atomic E-state index is 6.30. The fraction of sp³-hybridized carbons (Fsp3) is 0.167. The molecule has 1 atom stereocenters. The summed E-state index contributed by atoms with van der Waals surface area (Å²) in [7, 11) is 0. The van der Waals surface area contributed by atoms with Gasteiger partial charge < -0.3 is 0 Å². The van der Waals surface area contributed by atoms with Gasteiger partial charge in [0.2, 0.25) is 0 Å². The normalized spacial score (nSPS) is 12.7. The number of nitrogens with one attached hydrogen (secondary N) is 1. The van der Waals surface area contributed by atoms with Gasteiger partial charge >= 0.3 is 0 Å². The summed E-state index contributed by atoms with van der Waals surface area (Å²) in [5.74, 6) is 5.62. The van der Waals surface area contributed by atoms with Crippen LogP contribution in [0.1, 0.15) is 22.0 Å². The van der Waals surface area contributed by atoms with Crippen LogP contribution in [0.5, 0.6) is 0 Å². The van der Waals surface area contributed by atoms with Crippen molar-refractivity contribution in [3.05, 3.63) is 55.7 Å². The summed E-state index contributed by atoms with van der Waals surface area (Å²) in [5, 5.41) is 3.36. The van der Waals surface area contributed by atoms with Crippen LogP contribution in [0.4, 0.5) is 0 Å². The number of aryl methyl sites for hydroxylation is 1. The third-order valence-electron chi connectivity index (χ3n) is 2.61. The lowest BCUT2D eigenvalue weighted by atomic mass is 10.0. The van der Waals surface area contributed by atoms with Gasteiger partial charge in [-0.2, -0.15) is 0 Å². The summed E-state index contributed by atoms with van der Waals surface area (Å²) < 4.78 is 0. The summed E-state index contributed by atoms with van der Waals surface area (Å²) in [6, 6.07) is 7.57. The zero-order chi connectivity index (χ0) is 12.4. The van der Waals surface area contributed by atoms with Gasteiger partial charge in [0, 0.05) is 9.90 Å². The molecule has 0 saturated carbocycles. The first-order valence-electron chi connectivity index (χ1n) is 5.09. The average Bonchev–Trinajstić information content (AvgIpc) is 2.72. The van der Waals surface area contributed by atoms with E-state index in [0.717, 1.165) is 21.0 Å². The second-order valence-corrected chi connectivity index (χ2v) is 5.44. The van der Waals surface area contributed by atoms with Crippen LogP contribution in [0.25, 0.3) is 0 Å². The smallest absolute Gasteiger partial charge is 0.0831 e. The van der Waals surface area contributed by atoms with Crippen molar-refractivity contribution in [2.24, 2.45) is 5.84 Å². The van der Waals surface area contributed by atoms with Crippen LogP contribution in [0.15, 0.2) is 29.6 Å². The van der Waals surface area contributed by atoms with Gasteiger partial charge in [-0.25, -0.2) is 5.43 Å². The lowest BCUT2D eigenvalue weighted by Crippen LogP contribution is -2.28. The topological polar surface area (TPSA) is 38.0 Å². The van der Waals surface area contributed by atoms with Crippen molar-refractivity contribution in [1.29, 1.82) is 0 Å². The van der Waals surface area contributed by atoms with E-state index in [-0.39, 0.29) is 6.04 Å². The molecule has 1 aromatic heterocycles. The maximum Gasteiger partial charge on any atom is 0.0831 e. The van der Waals surface area contributed by atoms with Crippen LogP contribution < -0.4 is 11.3 Å². The molecule has 0 amide bonds. The zero-order valence-electron chi connectivity index (χ0n) is 9.21. The average molecular weight is 287 g/mol. The van der Waals surface area contributed by atoms with E-state index in [0.29, 0.717) is 5.02 Å². The van der Waals surface area contributed by atoms with Crippen molar-refractivity contribution >= 4 is 34.5 Å². The lowest BCUT2D eigenvalue weighted by Gasteiger charge is -2.17. The Labute approximate surface area is 114 Å². The molecule has 0 aliphatic rings. The fourth-order valence-electron chi connectivity index (χ4n) is 1.71. The Kier molecular flexibility index (Phi) is 4.07. The molecule has 0 spiro atoms. The Balaban J connectivity index is 2.50. The van der Waals surface area contributed by atoms with E-state index in [1.807, 2.05) is 36.6 Å². The zero-order valence-corrected chi connectivity index (χ0v) is 11.5. The minimum Gasteiger partial charge on any atom is -0.271 e. The second-order valence-electron chi connectivity index (χ2n) is 3.71. The first-order valence-corrected chi connectivity index (χ1v) is 6.72. The second kappa shape index (κ2) is 5.38. The minimum absolute atomic E-state index is 0.171. The number of hydrazine groups is 1. The van der Waals surface area contributed by atoms with E-state index < -0.39 is 0 Å². The molecule has 0 aliphatic carbocycles. The van der Waals surface area contributed by atoms with Crippen LogP contribution in [-0.2, 0) is 0 Å². The van der Waals surface area contributed by atoms with E-state index in [9.17, 15) is 0 Å². The van der Waals surface area contributed by atoms with E-state index in [4.69, 9.17) is 29.0 Å². The van der Waals surface area contributed by atoms with Gasteiger partial charge in [-0.15, -0.1) is 11.3 Å². The number of nitrogens with two attached hydrogens (primary N) is 1. The summed E-state index contributed by atoms with van der Waals surface area (Å²) >= 11 is 14.0. The van der Waals surface area contributed by atoms with E-state index >= 15 is 0 Å². The number of thiophene rings is 1. The van der Waals surface area contributed by atoms with Gasteiger partial charge in [-0.1, -0.05) is 41.4 Å². The van der Waals surface area contributed by atoms with Crippen LogP contribution in [0, 0.1) is 6.92 Å². The Hall–Kier alpha value is -0.580. The van der Waals surface area contributed by atoms with Gasteiger partial charge in [-0.3, -0.25) is 5.84 Å². The molecular formula is C12H12Cl2N2S. The van der Waals surface area contributed by atoms with Crippen LogP contribution in [0.2, 0.25) is 10.0 Å². The van der Waals surface area contributed by atoms with Crippen LogP contribution in [0.3, 0.4) is 0 Å². The fourth-order valence-corrected chi connectivity index (χ4v) is 3.19. The predicted octanol–water partition coefficient (Wildman–Crippen LogP) is 3.92. The van der Waals surface area contributed by atoms with E-state index in [1.54, 1.807) is 11.3 Å². The molecule has 2 rings (SSSR count). The molecule has 2 nitrogen and oxygen atoms in total. The van der Waals surface area contributed by atoms with Crippen molar-refractivity contribution in [2.75, 3.05) is 0 Å². The highest BCUT2D eigenvalue weighted by atomic mass is 35.5. The molecule has 5 heteroatoms. The Bertz CT molecular complexity index is 525. The molecule has 0 radical (unpaired) electrons. The Morgan fingerprint density at radius 2 is 2.06 bits per heavy atom. The quantitative estimate of drug-likeness (QED) is 0.663. The molecule has 90 valence electrons. The third kappa shape index (κ3) is 2.49. The summed E-state index contributed by atoms with van der Waals surface area (Å²) in [4.78, 5) is 0.974. The first-order chi connectivity index (χ1) is 8.15. The number of hydrogen-bond acceptors (Lipinski definition) is 3. The molecule has 0 fully saturated rings. The van der Waals surface area contributed by atoms with Gasteiger partial charge in [0.1, 0.15) is 0 Å². The molecule has 0 bridgehead atoms. The number of halogens is 2. The van der Waals surface area contributed by atoms with Gasteiger partial charge in [0.05, 0.1) is 11.1 Å². The number of rotatable bonds is 3. The molecule has 1 heterocycles. The highest BCUT2D eigenvalue weighted by Gasteiger charge is 2.19. The monoisotopic (exact) mass is 286 g/mol. The van der Waals surface area contributed by atoms with Gasteiger partial charge in [0.25, 0.3) is 0 Å². The number of benzene rings is 1. The first kappa shape index (κ1) is 12.9. The lowest BCUT2D eigenvalue weighted by molar-refractivity contribution is 0.646. The maximum atomic E-state index is 6.30. The number of hydrogen-bond donors (Lipinski definition) is 2. The molecule has 0 aliphatic heterocycles. The highest BCUT2D eigenvalue weighted by molar-refractivity contribution is 7.10. The van der Waals surface area contributed by atoms with Crippen molar-refractivity contribution in [3.63, 3.8) is 0 Å². The summed E-state index contributed by atoms with van der Waals surface area (Å²) in [5.41, 5.74) is 4.74. The Morgan fingerprint density at radius 3 is 2.65 bits per heavy atom.